The number of carboxylic acids is 1. The number of aliphatic hydroxyl groups excluding tert-OH is 3. The maximum atomic E-state index is 14.9. The number of methoxy groups -OCH3 is 2. The third-order valence-electron chi connectivity index (χ3n) is 19.4. The van der Waals surface area contributed by atoms with Crippen LogP contribution in [0.25, 0.3) is 0 Å². The maximum Gasteiger partial charge on any atom is 0.410 e. The van der Waals surface area contributed by atoms with Gasteiger partial charge in [-0.1, -0.05) is 131 Å². The first-order valence-corrected chi connectivity index (χ1v) is 35.5. The van der Waals surface area contributed by atoms with Crippen molar-refractivity contribution >= 4 is 70.9 Å². The van der Waals surface area contributed by atoms with Gasteiger partial charge >= 0.3 is 12.1 Å². The molecule has 5 rings (SSSR count). The van der Waals surface area contributed by atoms with Crippen molar-refractivity contribution in [1.82, 2.24) is 40.9 Å². The highest BCUT2D eigenvalue weighted by Crippen LogP contribution is 2.33. The first kappa shape index (κ1) is 84.7. The highest BCUT2D eigenvalue weighted by Gasteiger charge is 2.50. The summed E-state index contributed by atoms with van der Waals surface area (Å²) in [6.45, 7) is 20.1. The molecule has 0 saturated carbocycles. The molecule has 2 fully saturated rings. The number of carbonyl (C=O) groups excluding carboxylic acids is 10. The standard InChI is InChI=1S/C73H111N9O20/c1-16-25-49(76-68(92)56(40(3)4)77-52(83)29-22-19-23-36-82-53(84)34-35-54(82)85)67(91)75-48-32-30-46(31-33-48)39-100-73(97)80(13)58(42(7)8)69(93)78-57(41(5)6)70(94)79(12)59(43(9)17-2)51(98-14)38-55(86)81-37-24-28-50(81)63(99-15)44(10)66(90)74-45(11)64(47-26-20-18-21-27-47)101-72-62(89)60(87)61(88)65(102-72)71(95)96/h18,20-21,26-27,30-35,40-45,49-51,56-65,72,87-89H,16-17,19,22-25,28-29,36-39H2,1-15H3,(H,74,90)(H,75,91)(H,76,92)(H,77,83)(H,78,93)(H,95,96). The van der Waals surface area contributed by atoms with Crippen molar-refractivity contribution in [3.63, 3.8) is 0 Å². The molecule has 3 heterocycles. The van der Waals surface area contributed by atoms with Crippen LogP contribution < -0.4 is 26.6 Å². The summed E-state index contributed by atoms with van der Waals surface area (Å²) >= 11 is 0. The van der Waals surface area contributed by atoms with E-state index in [4.69, 9.17) is 23.7 Å². The molecule has 3 aliphatic heterocycles. The Bertz CT molecular complexity index is 3160. The predicted octanol–water partition coefficient (Wildman–Crippen LogP) is 4.35. The van der Waals surface area contributed by atoms with Gasteiger partial charge in [-0.3, -0.25) is 53.0 Å². The van der Waals surface area contributed by atoms with Gasteiger partial charge in [-0.25, -0.2) is 9.59 Å². The number of likely N-dealkylation sites (N-methyl/N-ethyl adjacent to an activating group) is 2. The number of aliphatic hydroxyl groups is 3. The zero-order valence-electron chi connectivity index (χ0n) is 61.7. The van der Waals surface area contributed by atoms with E-state index in [-0.39, 0.29) is 61.5 Å². The Labute approximate surface area is 598 Å². The lowest BCUT2D eigenvalue weighted by Crippen LogP contribution is -2.61. The van der Waals surface area contributed by atoms with Crippen LogP contribution in [0.5, 0.6) is 0 Å². The Morgan fingerprint density at radius 1 is 0.696 bits per heavy atom. The fourth-order valence-electron chi connectivity index (χ4n) is 13.3. The molecule has 0 aliphatic carbocycles. The van der Waals surface area contributed by atoms with E-state index in [1.165, 1.54) is 43.2 Å². The van der Waals surface area contributed by atoms with E-state index < -0.39 is 151 Å². The van der Waals surface area contributed by atoms with Crippen LogP contribution in [0.4, 0.5) is 10.5 Å². The van der Waals surface area contributed by atoms with Gasteiger partial charge in [-0.05, 0) is 86.0 Å². The minimum atomic E-state index is -1.95. The number of rotatable bonds is 39. The van der Waals surface area contributed by atoms with E-state index >= 15 is 0 Å². The van der Waals surface area contributed by atoms with E-state index in [9.17, 15) is 73.2 Å². The number of benzene rings is 2. The molecule has 0 spiro atoms. The molecule has 0 radical (unpaired) electrons. The van der Waals surface area contributed by atoms with Gasteiger partial charge in [-0.2, -0.15) is 0 Å². The number of unbranched alkanes of at least 4 members (excludes halogenated alkanes) is 2. The molecular weight excluding hydrogens is 1320 g/mol. The van der Waals surface area contributed by atoms with E-state index in [0.717, 1.165) is 4.90 Å². The molecule has 29 nitrogen and oxygen atoms in total. The average Bonchev–Trinajstić information content (AvgIpc) is 0.986. The minimum Gasteiger partial charge on any atom is -0.479 e. The largest absolute Gasteiger partial charge is 0.479 e. The Hall–Kier alpha value is -7.93. The van der Waals surface area contributed by atoms with E-state index in [0.29, 0.717) is 74.7 Å². The molecule has 29 heteroatoms. The number of imide groups is 1. The van der Waals surface area contributed by atoms with Crippen molar-refractivity contribution in [1.29, 1.82) is 0 Å². The molecule has 0 bridgehead atoms. The van der Waals surface area contributed by atoms with Crippen LogP contribution >= 0.6 is 0 Å². The number of nitrogens with one attached hydrogen (secondary N) is 5. The van der Waals surface area contributed by atoms with Crippen molar-refractivity contribution in [3.8, 4) is 0 Å². The Morgan fingerprint density at radius 3 is 1.90 bits per heavy atom. The molecule has 17 unspecified atom stereocenters. The average molecular weight is 1430 g/mol. The van der Waals surface area contributed by atoms with E-state index in [1.807, 2.05) is 20.8 Å². The van der Waals surface area contributed by atoms with Crippen LogP contribution in [0.2, 0.25) is 0 Å². The van der Waals surface area contributed by atoms with Crippen LogP contribution in [0.15, 0.2) is 66.7 Å². The molecule has 568 valence electrons. The monoisotopic (exact) mass is 1430 g/mol. The molecule has 3 aliphatic rings. The summed E-state index contributed by atoms with van der Waals surface area (Å²) < 4.78 is 29.4. The summed E-state index contributed by atoms with van der Waals surface area (Å²) in [5.74, 6) is -7.86. The summed E-state index contributed by atoms with van der Waals surface area (Å²) in [5.41, 5.74) is 1.45. The quantitative estimate of drug-likeness (QED) is 0.0332. The molecule has 10 amide bonds. The van der Waals surface area contributed by atoms with E-state index in [2.05, 4.69) is 26.6 Å². The number of hydrogen-bond acceptors (Lipinski definition) is 19. The summed E-state index contributed by atoms with van der Waals surface area (Å²) in [5, 5.41) is 55.7. The zero-order chi connectivity index (χ0) is 76.0. The fraction of sp³-hybridized carbons (Fsp3) is 0.658. The second kappa shape index (κ2) is 40.2. The van der Waals surface area contributed by atoms with Gasteiger partial charge in [0.15, 0.2) is 12.4 Å². The molecule has 17 atom stereocenters. The molecule has 2 aromatic rings. The molecule has 102 heavy (non-hydrogen) atoms. The number of nitrogens with zero attached hydrogens (tertiary/aromatic N) is 4. The summed E-state index contributed by atoms with van der Waals surface area (Å²) in [7, 11) is 5.95. The van der Waals surface area contributed by atoms with Crippen molar-refractivity contribution < 1.29 is 96.9 Å². The fourth-order valence-corrected chi connectivity index (χ4v) is 13.3. The third kappa shape index (κ3) is 22.8. The lowest BCUT2D eigenvalue weighted by atomic mass is 9.89. The van der Waals surface area contributed by atoms with Crippen molar-refractivity contribution in [2.45, 2.75) is 238 Å². The smallest absolute Gasteiger partial charge is 0.410 e. The van der Waals surface area contributed by atoms with Gasteiger partial charge in [0.25, 0.3) is 11.8 Å². The van der Waals surface area contributed by atoms with Gasteiger partial charge in [-0.15, -0.1) is 0 Å². The topological polar surface area (TPSA) is 388 Å². The molecule has 2 aromatic carbocycles. The van der Waals surface area contributed by atoms with Gasteiger partial charge in [0.05, 0.1) is 42.7 Å². The van der Waals surface area contributed by atoms with Gasteiger partial charge in [0.2, 0.25) is 41.4 Å². The molecule has 2 saturated heterocycles. The predicted molar refractivity (Wildman–Crippen MR) is 375 cm³/mol. The number of hydrogen-bond donors (Lipinski definition) is 9. The van der Waals surface area contributed by atoms with Crippen LogP contribution in [0.1, 0.15) is 158 Å². The molecule has 0 aromatic heterocycles. The third-order valence-corrected chi connectivity index (χ3v) is 19.4. The number of amides is 10. The highest BCUT2D eigenvalue weighted by molar-refractivity contribution is 6.12. The number of anilines is 1. The number of carbonyl (C=O) groups is 11. The lowest BCUT2D eigenvalue weighted by molar-refractivity contribution is -0.307. The van der Waals surface area contributed by atoms with Gasteiger partial charge < -0.3 is 80.5 Å². The minimum absolute atomic E-state index is 0.124. The number of ether oxygens (including phenoxy) is 5. The Kier molecular flexibility index (Phi) is 33.4. The van der Waals surface area contributed by atoms with Gasteiger partial charge in [0.1, 0.15) is 55.2 Å². The summed E-state index contributed by atoms with van der Waals surface area (Å²) in [6, 6.07) is 8.87. The van der Waals surface area contributed by atoms with Crippen molar-refractivity contribution in [2.75, 3.05) is 46.7 Å². The second-order valence-electron chi connectivity index (χ2n) is 28.0. The van der Waals surface area contributed by atoms with Crippen molar-refractivity contribution in [3.05, 3.63) is 77.9 Å². The van der Waals surface area contributed by atoms with Crippen LogP contribution in [0.3, 0.4) is 0 Å². The number of aliphatic carboxylic acids is 1. The van der Waals surface area contributed by atoms with Crippen LogP contribution in [0, 0.1) is 29.6 Å². The lowest BCUT2D eigenvalue weighted by Gasteiger charge is -2.41. The normalized spacial score (nSPS) is 21.6. The molecular formula is C73H111N9O20. The Balaban J connectivity index is 1.17. The number of likely N-dealkylation sites (tertiary alicyclic amines) is 1. The second-order valence-corrected chi connectivity index (χ2v) is 28.0. The maximum absolute atomic E-state index is 14.9. The SMILES string of the molecule is CCCC(NC(=O)C(NC(=O)CCCCCN1C(=O)C=CC1=O)C(C)C)C(=O)Nc1ccc(COC(=O)N(C)C(C(=O)NC(C(=O)N(C)C(C(C)CC)C(CC(=O)N2CCCC2C(OC)C(C)C(=O)NC(C)C(OC2OC(C(=O)O)C(O)C(O)C2O)c2ccccc2)OC)C(C)C)C(C)C)cc1. The first-order chi connectivity index (χ1) is 48.2. The van der Waals surface area contributed by atoms with Gasteiger partial charge in [0, 0.05) is 65.7 Å². The number of carboxylic acid groups (broad SMARTS) is 1. The van der Waals surface area contributed by atoms with Crippen molar-refractivity contribution in [2.24, 2.45) is 29.6 Å². The molecule has 9 N–H and O–H groups in total. The van der Waals surface area contributed by atoms with Crippen LogP contribution in [-0.2, 0) is 78.2 Å². The zero-order valence-corrected chi connectivity index (χ0v) is 61.7. The first-order valence-electron chi connectivity index (χ1n) is 35.5. The summed E-state index contributed by atoms with van der Waals surface area (Å²) in [6.07, 6.45) is -6.45. The van der Waals surface area contributed by atoms with Crippen LogP contribution in [-0.4, -0.2) is 232 Å². The Morgan fingerprint density at radius 2 is 1.33 bits per heavy atom. The highest BCUT2D eigenvalue weighted by atomic mass is 16.7. The van der Waals surface area contributed by atoms with E-state index in [1.54, 1.807) is 122 Å². The summed E-state index contributed by atoms with van der Waals surface area (Å²) in [4.78, 5) is 153.